The second kappa shape index (κ2) is 9.58. The largest absolute Gasteiger partial charge is 0.352 e. The molecule has 1 heterocycles. The number of sulfonamides is 1. The molecule has 0 radical (unpaired) electrons. The van der Waals surface area contributed by atoms with Crippen molar-refractivity contribution in [1.29, 1.82) is 0 Å². The maximum absolute atomic E-state index is 12.6. The summed E-state index contributed by atoms with van der Waals surface area (Å²) in [6, 6.07) is 15.1. The van der Waals surface area contributed by atoms with E-state index < -0.39 is 10.0 Å². The van der Waals surface area contributed by atoms with E-state index in [2.05, 4.69) is 15.0 Å². The van der Waals surface area contributed by atoms with E-state index in [0.717, 1.165) is 33.3 Å². The van der Waals surface area contributed by atoms with Gasteiger partial charge >= 0.3 is 0 Å². The molecule has 1 amide bonds. The smallest absolute Gasteiger partial charge is 0.224 e. The zero-order valence-corrected chi connectivity index (χ0v) is 19.2. The summed E-state index contributed by atoms with van der Waals surface area (Å²) >= 11 is 0. The Morgan fingerprint density at radius 1 is 1.00 bits per heavy atom. The first kappa shape index (κ1) is 22.9. The molecule has 0 bridgehead atoms. The molecule has 0 aliphatic carbocycles. The second-order valence-corrected chi connectivity index (χ2v) is 9.87. The molecule has 3 aromatic rings. The predicted molar refractivity (Wildman–Crippen MR) is 124 cm³/mol. The number of nitrogens with zero attached hydrogens (tertiary/aromatic N) is 1. The van der Waals surface area contributed by atoms with Crippen LogP contribution < -0.4 is 10.0 Å². The molecule has 0 unspecified atom stereocenters. The zero-order chi connectivity index (χ0) is 22.6. The molecular weight excluding hydrogens is 410 g/mol. The Morgan fingerprint density at radius 2 is 1.65 bits per heavy atom. The first-order valence-corrected chi connectivity index (χ1v) is 12.0. The van der Waals surface area contributed by atoms with Crippen LogP contribution >= 0.6 is 0 Å². The molecule has 6 nitrogen and oxygen atoms in total. The van der Waals surface area contributed by atoms with Crippen LogP contribution in [0.4, 0.5) is 0 Å². The van der Waals surface area contributed by atoms with Gasteiger partial charge in [0.05, 0.1) is 17.7 Å². The number of aromatic nitrogens is 1. The van der Waals surface area contributed by atoms with Crippen molar-refractivity contribution in [1.82, 2.24) is 15.0 Å². The number of rotatable bonds is 8. The van der Waals surface area contributed by atoms with E-state index >= 15 is 0 Å². The van der Waals surface area contributed by atoms with Crippen LogP contribution in [0.1, 0.15) is 41.8 Å². The van der Waals surface area contributed by atoms with Gasteiger partial charge in [-0.2, -0.15) is 0 Å². The maximum Gasteiger partial charge on any atom is 0.224 e. The Kier molecular flexibility index (Phi) is 7.08. The fraction of sp³-hybridized carbons (Fsp3) is 0.333. The average Bonchev–Trinajstić information content (AvgIpc) is 2.69. The van der Waals surface area contributed by atoms with E-state index in [4.69, 9.17) is 0 Å². The van der Waals surface area contributed by atoms with E-state index in [1.54, 1.807) is 26.0 Å². The third-order valence-electron chi connectivity index (χ3n) is 5.11. The molecule has 2 N–H and O–H groups in total. The fourth-order valence-electron chi connectivity index (χ4n) is 3.63. The minimum atomic E-state index is -3.36. The Morgan fingerprint density at radius 3 is 2.32 bits per heavy atom. The standard InChI is InChI=1S/C24H29N3O3S/c1-16(2)27-31(29,30)15-20-11-9-19(10-12-20)14-25-24(28)13-22-17(3)21-7-5-6-8-23(21)26-18(22)4/h5-12,16,27H,13-15H2,1-4H3,(H,25,28). The number of carbonyl (C=O) groups is 1. The number of nitrogens with one attached hydrogen (secondary N) is 2. The van der Waals surface area contributed by atoms with Gasteiger partial charge in [0.15, 0.2) is 0 Å². The lowest BCUT2D eigenvalue weighted by Crippen LogP contribution is -2.31. The van der Waals surface area contributed by atoms with Crippen LogP contribution in [-0.4, -0.2) is 25.4 Å². The molecule has 0 aliphatic rings. The molecule has 0 aliphatic heterocycles. The van der Waals surface area contributed by atoms with E-state index in [-0.39, 0.29) is 24.1 Å². The first-order valence-electron chi connectivity index (χ1n) is 10.3. The van der Waals surface area contributed by atoms with E-state index in [9.17, 15) is 13.2 Å². The van der Waals surface area contributed by atoms with Crippen LogP contribution in [-0.2, 0) is 33.5 Å². The quantitative estimate of drug-likeness (QED) is 0.562. The predicted octanol–water partition coefficient (Wildman–Crippen LogP) is 3.54. The minimum Gasteiger partial charge on any atom is -0.352 e. The third-order valence-corrected chi connectivity index (χ3v) is 6.65. The summed E-state index contributed by atoms with van der Waals surface area (Å²) in [6.07, 6.45) is 0.271. The molecule has 0 spiro atoms. The summed E-state index contributed by atoms with van der Waals surface area (Å²) in [5.41, 5.74) is 5.46. The van der Waals surface area contributed by atoms with Gasteiger partial charge in [-0.1, -0.05) is 42.5 Å². The van der Waals surface area contributed by atoms with Crippen molar-refractivity contribution >= 4 is 26.8 Å². The summed E-state index contributed by atoms with van der Waals surface area (Å²) < 4.78 is 26.7. The highest BCUT2D eigenvalue weighted by molar-refractivity contribution is 7.88. The molecule has 3 rings (SSSR count). The van der Waals surface area contributed by atoms with Crippen molar-refractivity contribution in [3.63, 3.8) is 0 Å². The lowest BCUT2D eigenvalue weighted by Gasteiger charge is -2.13. The van der Waals surface area contributed by atoms with Gasteiger partial charge in [-0.25, -0.2) is 13.1 Å². The van der Waals surface area contributed by atoms with Gasteiger partial charge in [0.25, 0.3) is 0 Å². The Hall–Kier alpha value is -2.77. The van der Waals surface area contributed by atoms with Gasteiger partial charge < -0.3 is 5.32 Å². The number of benzene rings is 2. The van der Waals surface area contributed by atoms with E-state index in [0.29, 0.717) is 12.1 Å². The Balaban J connectivity index is 1.61. The Labute approximate surface area is 184 Å². The van der Waals surface area contributed by atoms with Gasteiger partial charge in [0.1, 0.15) is 0 Å². The molecule has 0 fully saturated rings. The van der Waals surface area contributed by atoms with Gasteiger partial charge in [-0.3, -0.25) is 9.78 Å². The molecule has 2 aromatic carbocycles. The van der Waals surface area contributed by atoms with Crippen LogP contribution in [0.25, 0.3) is 10.9 Å². The number of carbonyl (C=O) groups excluding carboxylic acids is 1. The second-order valence-electron chi connectivity index (χ2n) is 8.12. The van der Waals surface area contributed by atoms with Gasteiger partial charge in [0, 0.05) is 23.7 Å². The molecule has 0 saturated heterocycles. The van der Waals surface area contributed by atoms with Crippen molar-refractivity contribution in [2.75, 3.05) is 0 Å². The number of pyridine rings is 1. The number of amides is 1. The average molecular weight is 440 g/mol. The van der Waals surface area contributed by atoms with E-state index in [1.165, 1.54) is 0 Å². The van der Waals surface area contributed by atoms with Crippen molar-refractivity contribution < 1.29 is 13.2 Å². The monoisotopic (exact) mass is 439 g/mol. The highest BCUT2D eigenvalue weighted by Gasteiger charge is 2.14. The molecule has 1 aromatic heterocycles. The third kappa shape index (κ3) is 6.12. The topological polar surface area (TPSA) is 88.2 Å². The summed E-state index contributed by atoms with van der Waals surface area (Å²) in [5.74, 6) is -0.137. The molecule has 164 valence electrons. The lowest BCUT2D eigenvalue weighted by molar-refractivity contribution is -0.120. The van der Waals surface area contributed by atoms with Gasteiger partial charge in [-0.05, 0) is 56.0 Å². The molecular formula is C24H29N3O3S. The van der Waals surface area contributed by atoms with E-state index in [1.807, 2.05) is 50.2 Å². The molecule has 0 saturated carbocycles. The molecule has 7 heteroatoms. The van der Waals surface area contributed by atoms with Crippen LogP contribution in [0.2, 0.25) is 0 Å². The van der Waals surface area contributed by atoms with Crippen LogP contribution in [0.15, 0.2) is 48.5 Å². The van der Waals surface area contributed by atoms with Crippen molar-refractivity contribution in [3.05, 3.63) is 76.5 Å². The fourth-order valence-corrected chi connectivity index (χ4v) is 5.06. The lowest BCUT2D eigenvalue weighted by atomic mass is 9.99. The maximum atomic E-state index is 12.6. The van der Waals surface area contributed by atoms with Crippen molar-refractivity contribution in [2.24, 2.45) is 0 Å². The number of hydrogen-bond donors (Lipinski definition) is 2. The number of aryl methyl sites for hydroxylation is 2. The highest BCUT2D eigenvalue weighted by atomic mass is 32.2. The summed E-state index contributed by atoms with van der Waals surface area (Å²) in [7, 11) is -3.36. The SMILES string of the molecule is Cc1nc2ccccc2c(C)c1CC(=O)NCc1ccc(CS(=O)(=O)NC(C)C)cc1. The van der Waals surface area contributed by atoms with Gasteiger partial charge in [-0.15, -0.1) is 0 Å². The molecule has 31 heavy (non-hydrogen) atoms. The zero-order valence-electron chi connectivity index (χ0n) is 18.4. The minimum absolute atomic E-state index is 0.0642. The number of hydrogen-bond acceptors (Lipinski definition) is 4. The van der Waals surface area contributed by atoms with Gasteiger partial charge in [0.2, 0.25) is 15.9 Å². The summed E-state index contributed by atoms with van der Waals surface area (Å²) in [6.45, 7) is 7.93. The van der Waals surface area contributed by atoms with Crippen molar-refractivity contribution in [2.45, 2.75) is 52.5 Å². The summed E-state index contributed by atoms with van der Waals surface area (Å²) in [5, 5.41) is 4.01. The Bertz CT molecular complexity index is 1190. The molecule has 0 atom stereocenters. The number of fused-ring (bicyclic) bond motifs is 1. The summed E-state index contributed by atoms with van der Waals surface area (Å²) in [4.78, 5) is 17.2. The van der Waals surface area contributed by atoms with Crippen LogP contribution in [0.3, 0.4) is 0 Å². The van der Waals surface area contributed by atoms with Crippen molar-refractivity contribution in [3.8, 4) is 0 Å². The number of para-hydroxylation sites is 1. The van der Waals surface area contributed by atoms with Crippen LogP contribution in [0, 0.1) is 13.8 Å². The first-order chi connectivity index (χ1) is 14.6. The highest BCUT2D eigenvalue weighted by Crippen LogP contribution is 2.22. The normalized spacial score (nSPS) is 11.8. The van der Waals surface area contributed by atoms with Crippen LogP contribution in [0.5, 0.6) is 0 Å².